The van der Waals surface area contributed by atoms with Crippen LogP contribution in [0.4, 0.5) is 0 Å². The molecule has 0 heterocycles. The standard InChI is InChI=1S/C15H32ClO3PSi/c1-5-18-20(17,12-14-9-7-6-8-10-14)13-15(11-16)19-21(2,3)4/h14-15H,5-13H2,1-4H3/t15-,20?/m1/s1. The van der Waals surface area contributed by atoms with Crippen molar-refractivity contribution < 1.29 is 13.5 Å². The molecule has 21 heavy (non-hydrogen) atoms. The predicted octanol–water partition coefficient (Wildman–Crippen LogP) is 5.34. The summed E-state index contributed by atoms with van der Waals surface area (Å²) in [6.07, 6.45) is 7.28. The lowest BCUT2D eigenvalue weighted by atomic mass is 9.91. The van der Waals surface area contributed by atoms with Gasteiger partial charge in [0.1, 0.15) is 0 Å². The van der Waals surface area contributed by atoms with E-state index in [-0.39, 0.29) is 6.10 Å². The largest absolute Gasteiger partial charge is 0.413 e. The second kappa shape index (κ2) is 9.07. The third-order valence-electron chi connectivity index (χ3n) is 3.80. The van der Waals surface area contributed by atoms with E-state index < -0.39 is 15.7 Å². The van der Waals surface area contributed by atoms with Crippen molar-refractivity contribution in [2.24, 2.45) is 5.92 Å². The minimum absolute atomic E-state index is 0.140. The van der Waals surface area contributed by atoms with Gasteiger partial charge in [-0.05, 0) is 45.3 Å². The first-order valence-corrected chi connectivity index (χ1v) is 14.2. The molecule has 0 aromatic heterocycles. The number of hydrogen-bond acceptors (Lipinski definition) is 3. The topological polar surface area (TPSA) is 35.5 Å². The van der Waals surface area contributed by atoms with Gasteiger partial charge < -0.3 is 8.95 Å². The number of hydrogen-bond donors (Lipinski definition) is 0. The fraction of sp³-hybridized carbons (Fsp3) is 1.00. The van der Waals surface area contributed by atoms with Gasteiger partial charge in [-0.15, -0.1) is 11.6 Å². The van der Waals surface area contributed by atoms with Crippen molar-refractivity contribution in [3.63, 3.8) is 0 Å². The third kappa shape index (κ3) is 8.18. The van der Waals surface area contributed by atoms with Gasteiger partial charge in [0.15, 0.2) is 8.32 Å². The van der Waals surface area contributed by atoms with Gasteiger partial charge in [-0.25, -0.2) is 0 Å². The molecule has 1 aliphatic carbocycles. The highest BCUT2D eigenvalue weighted by molar-refractivity contribution is 7.59. The van der Waals surface area contributed by atoms with Crippen molar-refractivity contribution in [1.82, 2.24) is 0 Å². The van der Waals surface area contributed by atoms with Crippen LogP contribution in [0.3, 0.4) is 0 Å². The molecule has 0 aromatic carbocycles. The summed E-state index contributed by atoms with van der Waals surface area (Å²) in [6.45, 7) is 8.84. The molecule has 0 N–H and O–H groups in total. The molecule has 1 aliphatic rings. The Hall–Kier alpha value is 0.657. The molecule has 1 saturated carbocycles. The Kier molecular flexibility index (Phi) is 8.51. The predicted molar refractivity (Wildman–Crippen MR) is 94.5 cm³/mol. The zero-order valence-electron chi connectivity index (χ0n) is 14.1. The van der Waals surface area contributed by atoms with E-state index in [2.05, 4.69) is 19.6 Å². The van der Waals surface area contributed by atoms with Gasteiger partial charge in [0.25, 0.3) is 0 Å². The molecule has 3 nitrogen and oxygen atoms in total. The first kappa shape index (κ1) is 19.7. The van der Waals surface area contributed by atoms with Crippen molar-refractivity contribution in [3.05, 3.63) is 0 Å². The maximum atomic E-state index is 13.2. The zero-order chi connectivity index (χ0) is 15.9. The highest BCUT2D eigenvalue weighted by atomic mass is 35.5. The summed E-state index contributed by atoms with van der Waals surface area (Å²) in [4.78, 5) is 0. The Morgan fingerprint density at radius 2 is 1.86 bits per heavy atom. The molecule has 2 atom stereocenters. The molecule has 126 valence electrons. The van der Waals surface area contributed by atoms with Gasteiger partial charge in [-0.1, -0.05) is 19.3 Å². The number of rotatable bonds is 9. The van der Waals surface area contributed by atoms with E-state index in [4.69, 9.17) is 20.6 Å². The van der Waals surface area contributed by atoms with Crippen LogP contribution < -0.4 is 0 Å². The smallest absolute Gasteiger partial charge is 0.205 e. The lowest BCUT2D eigenvalue weighted by Gasteiger charge is -2.31. The summed E-state index contributed by atoms with van der Waals surface area (Å²) in [7, 11) is -4.31. The Morgan fingerprint density at radius 1 is 1.24 bits per heavy atom. The van der Waals surface area contributed by atoms with Crippen molar-refractivity contribution in [3.8, 4) is 0 Å². The molecular weight excluding hydrogens is 323 g/mol. The van der Waals surface area contributed by atoms with Crippen LogP contribution in [0.25, 0.3) is 0 Å². The van der Waals surface area contributed by atoms with E-state index in [0.717, 1.165) is 0 Å². The lowest BCUT2D eigenvalue weighted by molar-refractivity contribution is 0.229. The third-order valence-corrected chi connectivity index (χ3v) is 7.95. The van der Waals surface area contributed by atoms with E-state index in [9.17, 15) is 4.57 Å². The first-order valence-electron chi connectivity index (χ1n) is 8.24. The molecular formula is C15H32ClO3PSi. The van der Waals surface area contributed by atoms with Crippen LogP contribution in [0, 0.1) is 5.92 Å². The summed E-state index contributed by atoms with van der Waals surface area (Å²) >= 11 is 6.04. The fourth-order valence-corrected chi connectivity index (χ4v) is 7.65. The molecule has 0 aromatic rings. The van der Waals surface area contributed by atoms with E-state index in [1.807, 2.05) is 6.92 Å². The van der Waals surface area contributed by atoms with Crippen molar-refractivity contribution >= 4 is 27.3 Å². The maximum Gasteiger partial charge on any atom is 0.205 e. The monoisotopic (exact) mass is 354 g/mol. The van der Waals surface area contributed by atoms with Gasteiger partial charge in [0, 0.05) is 12.0 Å². The molecule has 0 radical (unpaired) electrons. The van der Waals surface area contributed by atoms with E-state index >= 15 is 0 Å². The Labute approximate surface area is 136 Å². The quantitative estimate of drug-likeness (QED) is 0.318. The van der Waals surface area contributed by atoms with Crippen LogP contribution >= 0.6 is 19.0 Å². The molecule has 0 amide bonds. The molecule has 0 spiro atoms. The summed E-state index contributed by atoms with van der Waals surface area (Å²) in [5.74, 6) is 0.949. The van der Waals surface area contributed by atoms with Crippen LogP contribution in [-0.4, -0.2) is 39.2 Å². The highest BCUT2D eigenvalue weighted by Gasteiger charge is 2.33. The SMILES string of the molecule is CCOP(=O)(CC1CCCCC1)C[C@@H](CCl)O[Si](C)(C)C. The van der Waals surface area contributed by atoms with Gasteiger partial charge in [-0.3, -0.25) is 4.57 Å². The molecule has 0 saturated heterocycles. The maximum absolute atomic E-state index is 13.2. The molecule has 1 unspecified atom stereocenters. The molecule has 1 fully saturated rings. The zero-order valence-corrected chi connectivity index (χ0v) is 16.7. The summed E-state index contributed by atoms with van der Waals surface area (Å²) in [6, 6.07) is 0. The number of halogens is 1. The minimum Gasteiger partial charge on any atom is -0.413 e. The van der Waals surface area contributed by atoms with E-state index in [1.165, 1.54) is 32.1 Å². The normalized spacial score (nSPS) is 22.0. The van der Waals surface area contributed by atoms with Gasteiger partial charge in [0.05, 0.1) is 18.9 Å². The average Bonchev–Trinajstić information content (AvgIpc) is 2.37. The lowest BCUT2D eigenvalue weighted by Crippen LogP contribution is -2.35. The van der Waals surface area contributed by atoms with Crippen LogP contribution in [-0.2, 0) is 13.5 Å². The van der Waals surface area contributed by atoms with Crippen LogP contribution in [0.2, 0.25) is 19.6 Å². The van der Waals surface area contributed by atoms with Gasteiger partial charge in [-0.2, -0.15) is 0 Å². The fourth-order valence-electron chi connectivity index (χ4n) is 3.11. The Bertz CT molecular complexity index is 340. The van der Waals surface area contributed by atoms with Gasteiger partial charge in [0.2, 0.25) is 7.37 Å². The van der Waals surface area contributed by atoms with Crippen LogP contribution in [0.15, 0.2) is 0 Å². The molecule has 1 rings (SSSR count). The number of alkyl halides is 1. The summed E-state index contributed by atoms with van der Waals surface area (Å²) in [5.41, 5.74) is 0. The Morgan fingerprint density at radius 3 is 2.33 bits per heavy atom. The van der Waals surface area contributed by atoms with E-state index in [0.29, 0.717) is 30.7 Å². The van der Waals surface area contributed by atoms with E-state index in [1.54, 1.807) is 0 Å². The van der Waals surface area contributed by atoms with Crippen LogP contribution in [0.5, 0.6) is 0 Å². The van der Waals surface area contributed by atoms with Crippen LogP contribution in [0.1, 0.15) is 39.0 Å². The van der Waals surface area contributed by atoms with Crippen molar-refractivity contribution in [1.29, 1.82) is 0 Å². The molecule has 6 heteroatoms. The first-order chi connectivity index (χ1) is 9.78. The molecule has 0 aliphatic heterocycles. The van der Waals surface area contributed by atoms with Crippen molar-refractivity contribution in [2.45, 2.75) is 64.8 Å². The second-order valence-electron chi connectivity index (χ2n) is 7.11. The summed E-state index contributed by atoms with van der Waals surface area (Å²) in [5, 5.41) is 0. The van der Waals surface area contributed by atoms with Gasteiger partial charge >= 0.3 is 0 Å². The molecule has 0 bridgehead atoms. The minimum atomic E-state index is -2.63. The average molecular weight is 355 g/mol. The second-order valence-corrected chi connectivity index (χ2v) is 14.5. The van der Waals surface area contributed by atoms with Crippen molar-refractivity contribution in [2.75, 3.05) is 24.8 Å². The summed E-state index contributed by atoms with van der Waals surface area (Å²) < 4.78 is 25.0. The Balaban J connectivity index is 2.66. The highest BCUT2D eigenvalue weighted by Crippen LogP contribution is 2.51.